The van der Waals surface area contributed by atoms with Gasteiger partial charge in [0.15, 0.2) is 11.5 Å². The molecular formula is C21H26BrNO5. The summed E-state index contributed by atoms with van der Waals surface area (Å²) in [5.74, 6) is 2.37. The Morgan fingerprint density at radius 3 is 2.32 bits per heavy atom. The van der Waals surface area contributed by atoms with Crippen molar-refractivity contribution in [3.05, 3.63) is 46.4 Å². The Labute approximate surface area is 174 Å². The maximum Gasteiger partial charge on any atom is 0.220 e. The Kier molecular flexibility index (Phi) is 8.44. The summed E-state index contributed by atoms with van der Waals surface area (Å²) in [4.78, 5) is 12.3. The van der Waals surface area contributed by atoms with Crippen molar-refractivity contribution in [3.8, 4) is 23.0 Å². The SMILES string of the molecule is COc1cc(C(C)NC(=O)CCCOc2cccc(Br)c2)cc(OC)c1OC. The predicted molar refractivity (Wildman–Crippen MR) is 112 cm³/mol. The van der Waals surface area contributed by atoms with Crippen LogP contribution in [-0.2, 0) is 4.79 Å². The number of ether oxygens (including phenoxy) is 4. The van der Waals surface area contributed by atoms with Crippen LogP contribution >= 0.6 is 15.9 Å². The van der Waals surface area contributed by atoms with E-state index in [1.165, 1.54) is 0 Å². The van der Waals surface area contributed by atoms with Crippen LogP contribution in [-0.4, -0.2) is 33.8 Å². The fourth-order valence-corrected chi connectivity index (χ4v) is 3.11. The lowest BCUT2D eigenvalue weighted by Crippen LogP contribution is -2.26. The molecule has 7 heteroatoms. The van der Waals surface area contributed by atoms with Gasteiger partial charge in [-0.25, -0.2) is 0 Å². The summed E-state index contributed by atoms with van der Waals surface area (Å²) in [7, 11) is 4.69. The molecule has 0 radical (unpaired) electrons. The number of hydrogen-bond donors (Lipinski definition) is 1. The highest BCUT2D eigenvalue weighted by molar-refractivity contribution is 9.10. The van der Waals surface area contributed by atoms with E-state index in [0.29, 0.717) is 36.7 Å². The van der Waals surface area contributed by atoms with Crippen molar-refractivity contribution in [1.29, 1.82) is 0 Å². The molecule has 0 saturated carbocycles. The molecule has 0 aromatic heterocycles. The number of methoxy groups -OCH3 is 3. The van der Waals surface area contributed by atoms with Crippen molar-refractivity contribution >= 4 is 21.8 Å². The van der Waals surface area contributed by atoms with Crippen molar-refractivity contribution in [2.75, 3.05) is 27.9 Å². The smallest absolute Gasteiger partial charge is 0.220 e. The van der Waals surface area contributed by atoms with Gasteiger partial charge in [0.05, 0.1) is 34.0 Å². The zero-order chi connectivity index (χ0) is 20.5. The minimum atomic E-state index is -0.202. The molecule has 0 fully saturated rings. The molecule has 2 aromatic carbocycles. The first-order valence-electron chi connectivity index (χ1n) is 8.96. The lowest BCUT2D eigenvalue weighted by atomic mass is 10.1. The van der Waals surface area contributed by atoms with Gasteiger partial charge in [-0.1, -0.05) is 22.0 Å². The van der Waals surface area contributed by atoms with Crippen LogP contribution in [0.5, 0.6) is 23.0 Å². The first-order chi connectivity index (χ1) is 13.5. The molecular weight excluding hydrogens is 426 g/mol. The number of rotatable bonds is 10. The lowest BCUT2D eigenvalue weighted by Gasteiger charge is -2.19. The maximum atomic E-state index is 12.3. The minimum absolute atomic E-state index is 0.0425. The molecule has 152 valence electrons. The summed E-state index contributed by atoms with van der Waals surface area (Å²) in [5.41, 5.74) is 0.869. The Morgan fingerprint density at radius 2 is 1.75 bits per heavy atom. The van der Waals surface area contributed by atoms with Gasteiger partial charge in [-0.3, -0.25) is 4.79 Å². The normalized spacial score (nSPS) is 11.5. The first kappa shape index (κ1) is 21.9. The molecule has 2 rings (SSSR count). The average Bonchev–Trinajstić information content (AvgIpc) is 2.70. The number of carbonyl (C=O) groups is 1. The average molecular weight is 452 g/mol. The van der Waals surface area contributed by atoms with Crippen molar-refractivity contribution in [3.63, 3.8) is 0 Å². The number of hydrogen-bond acceptors (Lipinski definition) is 5. The van der Waals surface area contributed by atoms with Crippen molar-refractivity contribution in [2.45, 2.75) is 25.8 Å². The molecule has 1 atom stereocenters. The van der Waals surface area contributed by atoms with Crippen LogP contribution in [0.25, 0.3) is 0 Å². The van der Waals surface area contributed by atoms with Crippen LogP contribution in [0.15, 0.2) is 40.9 Å². The zero-order valence-corrected chi connectivity index (χ0v) is 18.2. The fourth-order valence-electron chi connectivity index (χ4n) is 2.73. The van der Waals surface area contributed by atoms with E-state index in [9.17, 15) is 4.79 Å². The lowest BCUT2D eigenvalue weighted by molar-refractivity contribution is -0.121. The van der Waals surface area contributed by atoms with Gasteiger partial charge in [-0.15, -0.1) is 0 Å². The summed E-state index contributed by atoms with van der Waals surface area (Å²) in [6, 6.07) is 11.1. The molecule has 1 N–H and O–H groups in total. The van der Waals surface area contributed by atoms with Crippen LogP contribution in [0, 0.1) is 0 Å². The summed E-state index contributed by atoms with van der Waals surface area (Å²) in [6.45, 7) is 2.39. The number of carbonyl (C=O) groups excluding carboxylic acids is 1. The third kappa shape index (κ3) is 6.05. The third-order valence-electron chi connectivity index (χ3n) is 4.18. The Bertz CT molecular complexity index is 771. The molecule has 1 unspecified atom stereocenters. The van der Waals surface area contributed by atoms with Crippen molar-refractivity contribution in [2.24, 2.45) is 0 Å². The molecule has 0 aliphatic carbocycles. The second-order valence-corrected chi connectivity index (χ2v) is 7.07. The highest BCUT2D eigenvalue weighted by Crippen LogP contribution is 2.39. The van der Waals surface area contributed by atoms with Crippen LogP contribution in [0.1, 0.15) is 31.4 Å². The Hall–Kier alpha value is -2.41. The molecule has 0 saturated heterocycles. The van der Waals surface area contributed by atoms with E-state index in [-0.39, 0.29) is 11.9 Å². The molecule has 0 spiro atoms. The summed E-state index contributed by atoms with van der Waals surface area (Å²) in [6.07, 6.45) is 1.00. The number of amides is 1. The fraction of sp³-hybridized carbons (Fsp3) is 0.381. The zero-order valence-electron chi connectivity index (χ0n) is 16.6. The largest absolute Gasteiger partial charge is 0.494 e. The van der Waals surface area contributed by atoms with E-state index in [2.05, 4.69) is 21.2 Å². The van der Waals surface area contributed by atoms with Crippen LogP contribution in [0.4, 0.5) is 0 Å². The van der Waals surface area contributed by atoms with Crippen LogP contribution in [0.3, 0.4) is 0 Å². The van der Waals surface area contributed by atoms with Gasteiger partial charge in [0.2, 0.25) is 11.7 Å². The Morgan fingerprint density at radius 1 is 1.07 bits per heavy atom. The van der Waals surface area contributed by atoms with E-state index in [1.54, 1.807) is 21.3 Å². The molecule has 0 bridgehead atoms. The molecule has 2 aromatic rings. The topological polar surface area (TPSA) is 66.0 Å². The van der Waals surface area contributed by atoms with E-state index in [4.69, 9.17) is 18.9 Å². The van der Waals surface area contributed by atoms with Crippen molar-refractivity contribution < 1.29 is 23.7 Å². The molecule has 1 amide bonds. The molecule has 0 heterocycles. The van der Waals surface area contributed by atoms with Crippen LogP contribution < -0.4 is 24.3 Å². The van der Waals surface area contributed by atoms with Gasteiger partial charge in [-0.05, 0) is 49.2 Å². The van der Waals surface area contributed by atoms with E-state index in [0.717, 1.165) is 15.8 Å². The summed E-state index contributed by atoms with van der Waals surface area (Å²) >= 11 is 3.40. The van der Waals surface area contributed by atoms with Gasteiger partial charge in [0.1, 0.15) is 5.75 Å². The van der Waals surface area contributed by atoms with Gasteiger partial charge in [0, 0.05) is 10.9 Å². The van der Waals surface area contributed by atoms with E-state index < -0.39 is 0 Å². The van der Waals surface area contributed by atoms with Crippen LogP contribution in [0.2, 0.25) is 0 Å². The van der Waals surface area contributed by atoms with Gasteiger partial charge in [0.25, 0.3) is 0 Å². The second kappa shape index (κ2) is 10.8. The highest BCUT2D eigenvalue weighted by Gasteiger charge is 2.17. The molecule has 0 aliphatic heterocycles. The monoisotopic (exact) mass is 451 g/mol. The predicted octanol–water partition coefficient (Wildman–Crippen LogP) is 4.51. The van der Waals surface area contributed by atoms with Gasteiger partial charge < -0.3 is 24.3 Å². The quantitative estimate of drug-likeness (QED) is 0.538. The second-order valence-electron chi connectivity index (χ2n) is 6.16. The maximum absolute atomic E-state index is 12.3. The number of nitrogens with one attached hydrogen (secondary N) is 1. The Balaban J connectivity index is 1.88. The summed E-state index contributed by atoms with van der Waals surface area (Å²) < 4.78 is 22.7. The number of halogens is 1. The van der Waals surface area contributed by atoms with Gasteiger partial charge in [-0.2, -0.15) is 0 Å². The summed E-state index contributed by atoms with van der Waals surface area (Å²) in [5, 5.41) is 2.99. The first-order valence-corrected chi connectivity index (χ1v) is 9.75. The molecule has 0 aliphatic rings. The molecule has 6 nitrogen and oxygen atoms in total. The van der Waals surface area contributed by atoms with Crippen molar-refractivity contribution in [1.82, 2.24) is 5.32 Å². The number of benzene rings is 2. The third-order valence-corrected chi connectivity index (χ3v) is 4.67. The van der Waals surface area contributed by atoms with E-state index >= 15 is 0 Å². The minimum Gasteiger partial charge on any atom is -0.494 e. The van der Waals surface area contributed by atoms with Gasteiger partial charge >= 0.3 is 0 Å². The highest BCUT2D eigenvalue weighted by atomic mass is 79.9. The standard InChI is InChI=1S/C21H26BrNO5/c1-14(15-11-18(25-2)21(27-4)19(12-15)26-3)23-20(24)9-6-10-28-17-8-5-7-16(22)13-17/h5,7-8,11-14H,6,9-10H2,1-4H3,(H,23,24). The van der Waals surface area contributed by atoms with E-state index in [1.807, 2.05) is 43.3 Å². The molecule has 28 heavy (non-hydrogen) atoms.